The number of fused-ring (bicyclic) bond motifs is 1. The Balaban J connectivity index is 1.56. The van der Waals surface area contributed by atoms with Crippen molar-refractivity contribution in [3.05, 3.63) is 35.2 Å². The number of hydrogen-bond acceptors (Lipinski definition) is 7. The number of carbonyl (C=O) groups is 1. The SMILES string of the molecule is Cc1noc(C)c1CS(=O)(=O)CCC(=O)Nc1ccc2c(c1)OCO2. The molecule has 1 amide bonds. The van der Waals surface area contributed by atoms with Crippen molar-refractivity contribution in [3.8, 4) is 11.5 Å². The molecule has 0 bridgehead atoms. The fourth-order valence-corrected chi connectivity index (χ4v) is 3.94. The third-order valence-electron chi connectivity index (χ3n) is 3.84. The second-order valence-corrected chi connectivity index (χ2v) is 7.95. The fraction of sp³-hybridized carbons (Fsp3) is 0.375. The molecular formula is C16H18N2O6S. The number of aryl methyl sites for hydroxylation is 2. The largest absolute Gasteiger partial charge is 0.454 e. The van der Waals surface area contributed by atoms with Gasteiger partial charge in [-0.3, -0.25) is 4.79 Å². The van der Waals surface area contributed by atoms with Gasteiger partial charge in [0.25, 0.3) is 0 Å². The molecule has 134 valence electrons. The first-order valence-corrected chi connectivity index (χ1v) is 9.48. The van der Waals surface area contributed by atoms with Gasteiger partial charge < -0.3 is 19.3 Å². The monoisotopic (exact) mass is 366 g/mol. The molecule has 0 radical (unpaired) electrons. The molecular weight excluding hydrogens is 348 g/mol. The highest BCUT2D eigenvalue weighted by Crippen LogP contribution is 2.34. The van der Waals surface area contributed by atoms with Crippen molar-refractivity contribution in [1.29, 1.82) is 0 Å². The van der Waals surface area contributed by atoms with Gasteiger partial charge in [0.05, 0.1) is 17.2 Å². The van der Waals surface area contributed by atoms with Gasteiger partial charge in [-0.1, -0.05) is 5.16 Å². The van der Waals surface area contributed by atoms with Gasteiger partial charge in [0, 0.05) is 23.7 Å². The summed E-state index contributed by atoms with van der Waals surface area (Å²) >= 11 is 0. The van der Waals surface area contributed by atoms with Crippen molar-refractivity contribution in [2.24, 2.45) is 0 Å². The van der Waals surface area contributed by atoms with Crippen LogP contribution in [0.15, 0.2) is 22.7 Å². The number of aromatic nitrogens is 1. The Morgan fingerprint density at radius 3 is 2.72 bits per heavy atom. The van der Waals surface area contributed by atoms with E-state index in [0.29, 0.717) is 34.2 Å². The van der Waals surface area contributed by atoms with Crippen LogP contribution in [0.1, 0.15) is 23.4 Å². The molecule has 2 aromatic rings. The van der Waals surface area contributed by atoms with Crippen molar-refractivity contribution in [3.63, 3.8) is 0 Å². The van der Waals surface area contributed by atoms with Crippen LogP contribution < -0.4 is 14.8 Å². The fourth-order valence-electron chi connectivity index (χ4n) is 2.45. The third kappa shape index (κ3) is 4.11. The zero-order valence-corrected chi connectivity index (χ0v) is 14.7. The van der Waals surface area contributed by atoms with Crippen molar-refractivity contribution < 1.29 is 27.2 Å². The van der Waals surface area contributed by atoms with E-state index in [4.69, 9.17) is 14.0 Å². The Kier molecular flexibility index (Phi) is 4.67. The predicted molar refractivity (Wildman–Crippen MR) is 89.3 cm³/mol. The Morgan fingerprint density at radius 2 is 2.00 bits per heavy atom. The van der Waals surface area contributed by atoms with Gasteiger partial charge in [-0.25, -0.2) is 8.42 Å². The van der Waals surface area contributed by atoms with Gasteiger partial charge in [-0.05, 0) is 26.0 Å². The van der Waals surface area contributed by atoms with Gasteiger partial charge in [0.15, 0.2) is 21.3 Å². The molecule has 3 rings (SSSR count). The molecule has 1 aliphatic rings. The van der Waals surface area contributed by atoms with E-state index in [2.05, 4.69) is 10.5 Å². The van der Waals surface area contributed by atoms with Crippen LogP contribution in [-0.2, 0) is 20.4 Å². The first-order valence-electron chi connectivity index (χ1n) is 7.66. The van der Waals surface area contributed by atoms with Gasteiger partial charge in [-0.15, -0.1) is 0 Å². The maximum atomic E-state index is 12.2. The van der Waals surface area contributed by atoms with Crippen molar-refractivity contribution >= 4 is 21.4 Å². The lowest BCUT2D eigenvalue weighted by Gasteiger charge is -2.07. The van der Waals surface area contributed by atoms with Gasteiger partial charge in [0.2, 0.25) is 12.7 Å². The number of nitrogens with zero attached hydrogens (tertiary/aromatic N) is 1. The van der Waals surface area contributed by atoms with Crippen LogP contribution >= 0.6 is 0 Å². The maximum Gasteiger partial charge on any atom is 0.231 e. The number of hydrogen-bond donors (Lipinski definition) is 1. The molecule has 8 nitrogen and oxygen atoms in total. The topological polar surface area (TPSA) is 108 Å². The summed E-state index contributed by atoms with van der Waals surface area (Å²) in [6.45, 7) is 3.50. The molecule has 0 unspecified atom stereocenters. The number of anilines is 1. The number of sulfone groups is 1. The zero-order valence-electron chi connectivity index (χ0n) is 13.9. The summed E-state index contributed by atoms with van der Waals surface area (Å²) in [5.74, 6) is 0.801. The van der Waals surface area contributed by atoms with E-state index in [9.17, 15) is 13.2 Å². The van der Waals surface area contributed by atoms with Gasteiger partial charge >= 0.3 is 0 Å². The number of nitrogens with one attached hydrogen (secondary N) is 1. The summed E-state index contributed by atoms with van der Waals surface area (Å²) in [7, 11) is -3.45. The highest BCUT2D eigenvalue weighted by molar-refractivity contribution is 7.90. The number of rotatable bonds is 6. The average Bonchev–Trinajstić information content (AvgIpc) is 3.14. The second kappa shape index (κ2) is 6.75. The number of ether oxygens (including phenoxy) is 2. The Morgan fingerprint density at radius 1 is 1.24 bits per heavy atom. The molecule has 0 saturated carbocycles. The Bertz CT molecular complexity index is 884. The Hall–Kier alpha value is -2.55. The molecule has 2 heterocycles. The van der Waals surface area contributed by atoms with E-state index >= 15 is 0 Å². The number of carbonyl (C=O) groups excluding carboxylic acids is 1. The molecule has 0 spiro atoms. The molecule has 1 aromatic heterocycles. The van der Waals surface area contributed by atoms with Crippen LogP contribution in [0.5, 0.6) is 11.5 Å². The van der Waals surface area contributed by atoms with Crippen LogP contribution in [-0.4, -0.2) is 32.0 Å². The lowest BCUT2D eigenvalue weighted by molar-refractivity contribution is -0.115. The van der Waals surface area contributed by atoms with Crippen LogP contribution in [0.2, 0.25) is 0 Å². The average molecular weight is 366 g/mol. The lowest BCUT2D eigenvalue weighted by atomic mass is 10.2. The number of amides is 1. The highest BCUT2D eigenvalue weighted by Gasteiger charge is 2.20. The molecule has 25 heavy (non-hydrogen) atoms. The zero-order chi connectivity index (χ0) is 18.0. The molecule has 0 saturated heterocycles. The summed E-state index contributed by atoms with van der Waals surface area (Å²) in [4.78, 5) is 12.0. The summed E-state index contributed by atoms with van der Waals surface area (Å²) in [6, 6.07) is 4.99. The van der Waals surface area contributed by atoms with E-state index in [-0.39, 0.29) is 30.6 Å². The van der Waals surface area contributed by atoms with E-state index < -0.39 is 9.84 Å². The van der Waals surface area contributed by atoms with Crippen LogP contribution in [0.25, 0.3) is 0 Å². The summed E-state index contributed by atoms with van der Waals surface area (Å²) in [5, 5.41) is 6.40. The van der Waals surface area contributed by atoms with Crippen LogP contribution in [0.3, 0.4) is 0 Å². The van der Waals surface area contributed by atoms with Crippen LogP contribution in [0.4, 0.5) is 5.69 Å². The first-order chi connectivity index (χ1) is 11.8. The minimum absolute atomic E-state index is 0.139. The molecule has 0 atom stereocenters. The molecule has 1 N–H and O–H groups in total. The highest BCUT2D eigenvalue weighted by atomic mass is 32.2. The number of benzene rings is 1. The molecule has 0 aliphatic carbocycles. The maximum absolute atomic E-state index is 12.2. The smallest absolute Gasteiger partial charge is 0.231 e. The van der Waals surface area contributed by atoms with E-state index in [1.807, 2.05) is 0 Å². The summed E-state index contributed by atoms with van der Waals surface area (Å²) < 4.78 is 39.8. The van der Waals surface area contributed by atoms with Gasteiger partial charge in [0.1, 0.15) is 5.76 Å². The van der Waals surface area contributed by atoms with Crippen LogP contribution in [0, 0.1) is 13.8 Å². The second-order valence-electron chi connectivity index (χ2n) is 5.76. The molecule has 1 aliphatic heterocycles. The van der Waals surface area contributed by atoms with Crippen molar-refractivity contribution in [1.82, 2.24) is 5.16 Å². The van der Waals surface area contributed by atoms with E-state index in [1.165, 1.54) is 0 Å². The third-order valence-corrected chi connectivity index (χ3v) is 5.40. The quantitative estimate of drug-likeness (QED) is 0.832. The van der Waals surface area contributed by atoms with E-state index in [0.717, 1.165) is 0 Å². The van der Waals surface area contributed by atoms with E-state index in [1.54, 1.807) is 32.0 Å². The molecule has 9 heteroatoms. The lowest BCUT2D eigenvalue weighted by Crippen LogP contribution is -2.18. The standard InChI is InChI=1S/C16H18N2O6S/c1-10-13(11(2)24-18-10)8-25(20,21)6-5-16(19)17-12-3-4-14-15(7-12)23-9-22-14/h3-4,7H,5-6,8-9H2,1-2H3,(H,17,19). The molecule has 1 aromatic carbocycles. The summed E-state index contributed by atoms with van der Waals surface area (Å²) in [6.07, 6.45) is -0.139. The first kappa shape index (κ1) is 17.3. The van der Waals surface area contributed by atoms with Crippen molar-refractivity contribution in [2.75, 3.05) is 17.9 Å². The summed E-state index contributed by atoms with van der Waals surface area (Å²) in [5.41, 5.74) is 1.62. The minimum atomic E-state index is -3.45. The van der Waals surface area contributed by atoms with Gasteiger partial charge in [-0.2, -0.15) is 0 Å². The minimum Gasteiger partial charge on any atom is -0.454 e. The predicted octanol–water partition coefficient (Wildman–Crippen LogP) is 1.96. The van der Waals surface area contributed by atoms with Crippen molar-refractivity contribution in [2.45, 2.75) is 26.0 Å². The Labute approximate surface area is 145 Å². The molecule has 0 fully saturated rings. The normalized spacial score (nSPS) is 13.0.